The van der Waals surface area contributed by atoms with Crippen molar-refractivity contribution in [3.8, 4) is 16.2 Å². The van der Waals surface area contributed by atoms with Crippen LogP contribution in [0.3, 0.4) is 0 Å². The second-order valence-electron chi connectivity index (χ2n) is 6.54. The summed E-state index contributed by atoms with van der Waals surface area (Å²) in [6.45, 7) is 0. The van der Waals surface area contributed by atoms with E-state index in [0.29, 0.717) is 11.6 Å². The first kappa shape index (κ1) is 18.0. The number of aromatic nitrogens is 2. The lowest BCUT2D eigenvalue weighted by Crippen LogP contribution is -2.34. The normalized spacial score (nSPS) is 16.5. The summed E-state index contributed by atoms with van der Waals surface area (Å²) in [6.07, 6.45) is 1.51. The van der Waals surface area contributed by atoms with Crippen molar-refractivity contribution in [3.63, 3.8) is 0 Å². The lowest BCUT2D eigenvalue weighted by molar-refractivity contribution is -0.126. The molecule has 2 N–H and O–H groups in total. The Morgan fingerprint density at radius 1 is 1.07 bits per heavy atom. The van der Waals surface area contributed by atoms with Crippen molar-refractivity contribution in [2.45, 2.75) is 5.37 Å². The maximum atomic E-state index is 12.5. The van der Waals surface area contributed by atoms with Crippen LogP contribution in [0.2, 0.25) is 0 Å². The van der Waals surface area contributed by atoms with E-state index >= 15 is 0 Å². The summed E-state index contributed by atoms with van der Waals surface area (Å²) in [5, 5.41) is 11.0. The average molecular weight is 421 g/mol. The number of aromatic hydroxyl groups is 1. The van der Waals surface area contributed by atoms with Crippen LogP contribution in [-0.4, -0.2) is 31.7 Å². The van der Waals surface area contributed by atoms with Crippen LogP contribution in [0.15, 0.2) is 67.0 Å². The number of thiophene rings is 1. The molecule has 4 aromatic rings. The third-order valence-electron chi connectivity index (χ3n) is 4.64. The molecule has 5 rings (SSSR count). The van der Waals surface area contributed by atoms with Crippen LogP contribution in [-0.2, 0) is 4.79 Å². The van der Waals surface area contributed by atoms with Crippen molar-refractivity contribution in [2.24, 2.45) is 0 Å². The predicted octanol–water partition coefficient (Wildman–Crippen LogP) is 4.67. The molecular formula is C21H16N4O2S2. The number of anilines is 1. The number of hydrogen-bond donors (Lipinski definition) is 2. The van der Waals surface area contributed by atoms with Gasteiger partial charge in [-0.1, -0.05) is 42.5 Å². The monoisotopic (exact) mass is 420 g/mol. The van der Waals surface area contributed by atoms with Gasteiger partial charge in [-0.05, 0) is 29.3 Å². The van der Waals surface area contributed by atoms with E-state index in [2.05, 4.69) is 27.5 Å². The molecule has 1 atom stereocenters. The number of benzene rings is 2. The van der Waals surface area contributed by atoms with Crippen LogP contribution in [0.4, 0.5) is 5.82 Å². The lowest BCUT2D eigenvalue weighted by atomic mass is 10.2. The summed E-state index contributed by atoms with van der Waals surface area (Å²) in [6, 6.07) is 19.1. The van der Waals surface area contributed by atoms with E-state index in [4.69, 9.17) is 0 Å². The maximum absolute atomic E-state index is 12.5. The summed E-state index contributed by atoms with van der Waals surface area (Å²) in [7, 11) is 0. The number of amides is 1. The number of phenols is 1. The Kier molecular flexibility index (Phi) is 4.57. The van der Waals surface area contributed by atoms with Crippen LogP contribution < -0.4 is 5.43 Å². The molecule has 6 nitrogen and oxygen atoms in total. The molecule has 1 unspecified atom stereocenters. The highest BCUT2D eigenvalue weighted by atomic mass is 32.2. The summed E-state index contributed by atoms with van der Waals surface area (Å²) in [4.78, 5) is 22.4. The smallest absolute Gasteiger partial charge is 0.252 e. The first-order valence-electron chi connectivity index (χ1n) is 8.98. The molecular weight excluding hydrogens is 404 g/mol. The highest BCUT2D eigenvalue weighted by molar-refractivity contribution is 8.00. The third-order valence-corrected chi connectivity index (χ3v) is 7.03. The van der Waals surface area contributed by atoms with E-state index in [1.165, 1.54) is 18.1 Å². The number of hydrazine groups is 1. The molecule has 2 aromatic carbocycles. The molecule has 1 fully saturated rings. The molecule has 0 aliphatic carbocycles. The van der Waals surface area contributed by atoms with Crippen molar-refractivity contribution in [1.29, 1.82) is 0 Å². The molecule has 1 aliphatic heterocycles. The fraction of sp³-hybridized carbons (Fsp3) is 0.0952. The maximum Gasteiger partial charge on any atom is 0.252 e. The molecule has 144 valence electrons. The molecule has 1 amide bonds. The number of carbonyl (C=O) groups is 1. The Hall–Kier alpha value is -3.10. The summed E-state index contributed by atoms with van der Waals surface area (Å²) in [5.74, 6) is 1.18. The predicted molar refractivity (Wildman–Crippen MR) is 117 cm³/mol. The van der Waals surface area contributed by atoms with Gasteiger partial charge in [0.05, 0.1) is 16.0 Å². The number of nitrogens with one attached hydrogen (secondary N) is 1. The largest absolute Gasteiger partial charge is 0.508 e. The number of thioether (sulfide) groups is 1. The van der Waals surface area contributed by atoms with Gasteiger partial charge in [0, 0.05) is 4.88 Å². The van der Waals surface area contributed by atoms with Crippen LogP contribution >= 0.6 is 23.1 Å². The zero-order valence-corrected chi connectivity index (χ0v) is 16.8. The van der Waals surface area contributed by atoms with Crippen molar-refractivity contribution in [1.82, 2.24) is 15.0 Å². The van der Waals surface area contributed by atoms with Crippen LogP contribution in [0.5, 0.6) is 5.75 Å². The SMILES string of the molecule is O=C1CSC(c2ccc(O)cc2)N1Nc1ncnc2cc(-c3ccccc3)sc12. The fourth-order valence-corrected chi connectivity index (χ4v) is 5.39. The second-order valence-corrected chi connectivity index (χ2v) is 8.66. The second kappa shape index (κ2) is 7.38. The van der Waals surface area contributed by atoms with E-state index in [9.17, 15) is 9.90 Å². The number of rotatable bonds is 4. The van der Waals surface area contributed by atoms with Crippen molar-refractivity contribution < 1.29 is 9.90 Å². The molecule has 1 aliphatic rings. The van der Waals surface area contributed by atoms with Gasteiger partial charge >= 0.3 is 0 Å². The quantitative estimate of drug-likeness (QED) is 0.500. The van der Waals surface area contributed by atoms with Gasteiger partial charge in [-0.3, -0.25) is 10.2 Å². The Balaban J connectivity index is 1.49. The van der Waals surface area contributed by atoms with Crippen molar-refractivity contribution in [2.75, 3.05) is 11.2 Å². The number of hydrogen-bond acceptors (Lipinski definition) is 7. The fourth-order valence-electron chi connectivity index (χ4n) is 3.22. The Labute approximate surface area is 175 Å². The van der Waals surface area contributed by atoms with Gasteiger partial charge in [-0.25, -0.2) is 15.0 Å². The zero-order valence-electron chi connectivity index (χ0n) is 15.1. The molecule has 0 bridgehead atoms. The molecule has 0 saturated carbocycles. The van der Waals surface area contributed by atoms with Gasteiger partial charge in [0.1, 0.15) is 17.5 Å². The van der Waals surface area contributed by atoms with E-state index in [0.717, 1.165) is 26.2 Å². The third kappa shape index (κ3) is 3.41. The summed E-state index contributed by atoms with van der Waals surface area (Å²) in [5.41, 5.74) is 6.12. The van der Waals surface area contributed by atoms with Gasteiger partial charge in [-0.15, -0.1) is 23.1 Å². The van der Waals surface area contributed by atoms with Gasteiger partial charge in [0.25, 0.3) is 5.91 Å². The number of nitrogens with zero attached hydrogens (tertiary/aromatic N) is 3. The van der Waals surface area contributed by atoms with Crippen molar-refractivity contribution >= 4 is 45.0 Å². The van der Waals surface area contributed by atoms with Crippen molar-refractivity contribution in [3.05, 3.63) is 72.6 Å². The average Bonchev–Trinajstić information content (AvgIpc) is 3.34. The molecule has 8 heteroatoms. The van der Waals surface area contributed by atoms with Gasteiger partial charge < -0.3 is 5.11 Å². The Morgan fingerprint density at radius 2 is 1.86 bits per heavy atom. The van der Waals surface area contributed by atoms with E-state index < -0.39 is 0 Å². The van der Waals surface area contributed by atoms with E-state index in [1.54, 1.807) is 28.5 Å². The van der Waals surface area contributed by atoms with Gasteiger partial charge in [0.15, 0.2) is 5.82 Å². The first-order chi connectivity index (χ1) is 14.2. The highest BCUT2D eigenvalue weighted by Gasteiger charge is 2.34. The Bertz CT molecular complexity index is 1180. The minimum atomic E-state index is -0.193. The minimum absolute atomic E-state index is 0.0142. The number of carbonyl (C=O) groups excluding carboxylic acids is 1. The van der Waals surface area contributed by atoms with Crippen LogP contribution in [0.1, 0.15) is 10.9 Å². The molecule has 3 heterocycles. The van der Waals surface area contributed by atoms with Crippen LogP contribution in [0.25, 0.3) is 20.7 Å². The number of phenolic OH excluding ortho intramolecular Hbond substituents is 1. The van der Waals surface area contributed by atoms with Crippen LogP contribution in [0, 0.1) is 0 Å². The molecule has 2 aromatic heterocycles. The summed E-state index contributed by atoms with van der Waals surface area (Å²) < 4.78 is 0.903. The minimum Gasteiger partial charge on any atom is -0.508 e. The van der Waals surface area contributed by atoms with E-state index in [1.807, 2.05) is 36.4 Å². The highest BCUT2D eigenvalue weighted by Crippen LogP contribution is 2.41. The van der Waals surface area contributed by atoms with E-state index in [-0.39, 0.29) is 17.0 Å². The zero-order chi connectivity index (χ0) is 19.8. The number of fused-ring (bicyclic) bond motifs is 1. The van der Waals surface area contributed by atoms with Gasteiger partial charge in [0.2, 0.25) is 0 Å². The summed E-state index contributed by atoms with van der Waals surface area (Å²) >= 11 is 3.13. The van der Waals surface area contributed by atoms with Gasteiger partial charge in [-0.2, -0.15) is 0 Å². The Morgan fingerprint density at radius 3 is 2.66 bits per heavy atom. The molecule has 1 saturated heterocycles. The lowest BCUT2D eigenvalue weighted by Gasteiger charge is -2.25. The topological polar surface area (TPSA) is 78.4 Å². The molecule has 0 spiro atoms. The molecule has 0 radical (unpaired) electrons. The first-order valence-corrected chi connectivity index (χ1v) is 10.8. The molecule has 29 heavy (non-hydrogen) atoms. The standard InChI is InChI=1S/C21H16N4O2S2/c26-15-8-6-14(7-9-15)21-25(18(27)11-28-21)24-20-19-16(22-12-23-20)10-17(29-19)13-4-2-1-3-5-13/h1-10,12,21,26H,11H2,(H,22,23,24).